The molecule has 2 aromatic heterocycles. The molecule has 5 rings (SSSR count). The first-order chi connectivity index (χ1) is 15.9. The molecule has 0 saturated carbocycles. The van der Waals surface area contributed by atoms with E-state index in [1.165, 1.54) is 0 Å². The first-order valence-corrected chi connectivity index (χ1v) is 10.3. The van der Waals surface area contributed by atoms with E-state index in [2.05, 4.69) is 20.8 Å². The van der Waals surface area contributed by atoms with Crippen molar-refractivity contribution in [3.8, 4) is 0 Å². The van der Waals surface area contributed by atoms with E-state index in [-0.39, 0.29) is 24.0 Å². The summed E-state index contributed by atoms with van der Waals surface area (Å²) < 4.78 is 6.68. The number of aromatic nitrogens is 4. The smallest absolute Gasteiger partial charge is 0.264 e. The van der Waals surface area contributed by atoms with Gasteiger partial charge >= 0.3 is 0 Å². The second kappa shape index (κ2) is 7.97. The zero-order valence-electron chi connectivity index (χ0n) is 17.6. The summed E-state index contributed by atoms with van der Waals surface area (Å²) in [5, 5.41) is 14.1. The van der Waals surface area contributed by atoms with Gasteiger partial charge in [-0.2, -0.15) is 0 Å². The minimum Gasteiger partial charge on any atom is -0.368 e. The minimum absolute atomic E-state index is 0.0697. The van der Waals surface area contributed by atoms with E-state index in [9.17, 15) is 19.2 Å². The Morgan fingerprint density at radius 1 is 1.18 bits per heavy atom. The average Bonchev–Trinajstić information content (AvgIpc) is 3.51. The monoisotopic (exact) mass is 449 g/mol. The van der Waals surface area contributed by atoms with Gasteiger partial charge in [0.25, 0.3) is 11.8 Å². The summed E-state index contributed by atoms with van der Waals surface area (Å²) in [5.41, 5.74) is 1.63. The quantitative estimate of drug-likeness (QED) is 0.527. The number of amides is 4. The van der Waals surface area contributed by atoms with Crippen molar-refractivity contribution in [3.05, 3.63) is 59.2 Å². The second-order valence-electron chi connectivity index (χ2n) is 7.89. The highest BCUT2D eigenvalue weighted by Crippen LogP contribution is 2.34. The summed E-state index contributed by atoms with van der Waals surface area (Å²) in [6.07, 6.45) is 3.48. The number of anilines is 1. The lowest BCUT2D eigenvalue weighted by atomic mass is 10.0. The van der Waals surface area contributed by atoms with Crippen LogP contribution in [0.5, 0.6) is 0 Å². The maximum absolute atomic E-state index is 13.3. The molecular formula is C21H19N7O5. The molecule has 12 nitrogen and oxygen atoms in total. The van der Waals surface area contributed by atoms with Crippen molar-refractivity contribution in [2.24, 2.45) is 0 Å². The lowest BCUT2D eigenvalue weighted by Crippen LogP contribution is -2.54. The van der Waals surface area contributed by atoms with E-state index < -0.39 is 29.7 Å². The number of hydrogen-bond donors (Lipinski definition) is 1. The van der Waals surface area contributed by atoms with Gasteiger partial charge in [0.15, 0.2) is 5.76 Å². The Hall–Kier alpha value is -4.35. The van der Waals surface area contributed by atoms with Crippen molar-refractivity contribution < 1.29 is 23.7 Å². The van der Waals surface area contributed by atoms with Crippen LogP contribution in [0.25, 0.3) is 0 Å². The molecule has 0 spiro atoms. The summed E-state index contributed by atoms with van der Waals surface area (Å²) in [6, 6.07) is 5.70. The molecule has 1 unspecified atom stereocenters. The van der Waals surface area contributed by atoms with Crippen LogP contribution in [0.3, 0.4) is 0 Å². The van der Waals surface area contributed by atoms with Crippen LogP contribution < -0.4 is 10.2 Å². The Kier molecular flexibility index (Phi) is 4.96. The van der Waals surface area contributed by atoms with Crippen LogP contribution in [0.2, 0.25) is 0 Å². The van der Waals surface area contributed by atoms with Gasteiger partial charge in [0.05, 0.1) is 35.8 Å². The maximum atomic E-state index is 13.3. The fraction of sp³-hybridized carbons (Fsp3) is 0.286. The number of hydrogen-bond acceptors (Lipinski definition) is 9. The number of fused-ring (bicyclic) bond motifs is 1. The fourth-order valence-corrected chi connectivity index (χ4v) is 4.11. The molecule has 2 aliphatic rings. The van der Waals surface area contributed by atoms with Gasteiger partial charge in [-0.3, -0.25) is 29.4 Å². The highest BCUT2D eigenvalue weighted by Gasteiger charge is 2.45. The Bertz CT molecular complexity index is 1270. The lowest BCUT2D eigenvalue weighted by molar-refractivity contribution is -0.136. The molecule has 1 saturated heterocycles. The molecule has 0 aliphatic carbocycles. The summed E-state index contributed by atoms with van der Waals surface area (Å²) in [5.74, 6) is -1.51. The summed E-state index contributed by atoms with van der Waals surface area (Å²) in [6.45, 7) is 0.706. The first kappa shape index (κ1) is 20.5. The number of rotatable bonds is 6. The standard InChI is InChI=1S/C21H19N7O5/c1-26(9-12-10-27(25-24-12)11-13-7-8-22-33-13)15-4-2-3-14-18(15)21(32)28(20(14)31)16-5-6-17(29)23-19(16)30/h2-4,7-8,10,16H,5-6,9,11H2,1H3,(H,23,29,30). The van der Waals surface area contributed by atoms with Gasteiger partial charge in [0.2, 0.25) is 11.8 Å². The van der Waals surface area contributed by atoms with Crippen LogP contribution in [0.1, 0.15) is 45.0 Å². The molecular weight excluding hydrogens is 430 g/mol. The number of carbonyl (C=O) groups is 4. The van der Waals surface area contributed by atoms with Crippen molar-refractivity contribution in [1.29, 1.82) is 0 Å². The maximum Gasteiger partial charge on any atom is 0.264 e. The minimum atomic E-state index is -1.01. The van der Waals surface area contributed by atoms with Gasteiger partial charge in [-0.05, 0) is 18.6 Å². The van der Waals surface area contributed by atoms with Crippen molar-refractivity contribution in [2.75, 3.05) is 11.9 Å². The predicted octanol–water partition coefficient (Wildman–Crippen LogP) is 0.352. The van der Waals surface area contributed by atoms with E-state index in [1.807, 2.05) is 0 Å². The van der Waals surface area contributed by atoms with Crippen LogP contribution >= 0.6 is 0 Å². The normalized spacial score (nSPS) is 18.0. The van der Waals surface area contributed by atoms with Gasteiger partial charge < -0.3 is 9.42 Å². The third-order valence-electron chi connectivity index (χ3n) is 5.65. The number of nitrogens with one attached hydrogen (secondary N) is 1. The highest BCUT2D eigenvalue weighted by atomic mass is 16.5. The van der Waals surface area contributed by atoms with E-state index >= 15 is 0 Å². The molecule has 4 heterocycles. The van der Waals surface area contributed by atoms with Crippen molar-refractivity contribution in [2.45, 2.75) is 32.0 Å². The molecule has 168 valence electrons. The van der Waals surface area contributed by atoms with Crippen molar-refractivity contribution in [1.82, 2.24) is 30.4 Å². The summed E-state index contributed by atoms with van der Waals surface area (Å²) >= 11 is 0. The average molecular weight is 449 g/mol. The molecule has 1 N–H and O–H groups in total. The fourth-order valence-electron chi connectivity index (χ4n) is 4.11. The van der Waals surface area contributed by atoms with Gasteiger partial charge in [-0.1, -0.05) is 16.4 Å². The van der Waals surface area contributed by atoms with Crippen molar-refractivity contribution in [3.63, 3.8) is 0 Å². The van der Waals surface area contributed by atoms with Gasteiger partial charge in [-0.25, -0.2) is 4.68 Å². The number of benzene rings is 1. The van der Waals surface area contributed by atoms with Crippen LogP contribution in [-0.2, 0) is 22.7 Å². The number of nitrogens with zero attached hydrogens (tertiary/aromatic N) is 6. The Balaban J connectivity index is 1.37. The van der Waals surface area contributed by atoms with Gasteiger partial charge in [0, 0.05) is 19.5 Å². The van der Waals surface area contributed by atoms with Crippen molar-refractivity contribution >= 4 is 29.3 Å². The highest BCUT2D eigenvalue weighted by molar-refractivity contribution is 6.25. The Labute approximate surface area is 187 Å². The summed E-state index contributed by atoms with van der Waals surface area (Å²) in [7, 11) is 1.78. The van der Waals surface area contributed by atoms with Gasteiger partial charge in [-0.15, -0.1) is 5.10 Å². The number of imide groups is 2. The van der Waals surface area contributed by atoms with E-state index in [1.54, 1.807) is 53.3 Å². The van der Waals surface area contributed by atoms with E-state index in [4.69, 9.17) is 4.52 Å². The van der Waals surface area contributed by atoms with E-state index in [0.717, 1.165) is 4.90 Å². The number of carbonyl (C=O) groups excluding carboxylic acids is 4. The molecule has 33 heavy (non-hydrogen) atoms. The third-order valence-corrected chi connectivity index (χ3v) is 5.65. The first-order valence-electron chi connectivity index (χ1n) is 10.3. The molecule has 3 aromatic rings. The van der Waals surface area contributed by atoms with Crippen LogP contribution in [0.15, 0.2) is 41.2 Å². The predicted molar refractivity (Wildman–Crippen MR) is 111 cm³/mol. The van der Waals surface area contributed by atoms with Crippen LogP contribution in [0, 0.1) is 0 Å². The Morgan fingerprint density at radius 2 is 2.03 bits per heavy atom. The Morgan fingerprint density at radius 3 is 2.79 bits per heavy atom. The lowest BCUT2D eigenvalue weighted by Gasteiger charge is -2.28. The second-order valence-corrected chi connectivity index (χ2v) is 7.89. The molecule has 1 aromatic carbocycles. The molecule has 4 amide bonds. The summed E-state index contributed by atoms with van der Waals surface area (Å²) in [4.78, 5) is 52.8. The van der Waals surface area contributed by atoms with E-state index in [0.29, 0.717) is 30.2 Å². The molecule has 0 radical (unpaired) electrons. The zero-order valence-corrected chi connectivity index (χ0v) is 17.6. The van der Waals surface area contributed by atoms with Crippen LogP contribution in [0.4, 0.5) is 5.69 Å². The number of piperidine rings is 1. The third kappa shape index (κ3) is 3.64. The SMILES string of the molecule is CN(Cc1cn(Cc2ccno2)nn1)c1cccc2c1C(=O)N(C1CCC(=O)NC1=O)C2=O. The molecule has 0 bridgehead atoms. The zero-order chi connectivity index (χ0) is 23.1. The molecule has 1 atom stereocenters. The molecule has 12 heteroatoms. The van der Waals surface area contributed by atoms with Crippen LogP contribution in [-0.4, -0.2) is 61.8 Å². The molecule has 2 aliphatic heterocycles. The largest absolute Gasteiger partial charge is 0.368 e. The van der Waals surface area contributed by atoms with Gasteiger partial charge in [0.1, 0.15) is 18.3 Å². The topological polar surface area (TPSA) is 144 Å². The molecule has 1 fully saturated rings.